The predicted octanol–water partition coefficient (Wildman–Crippen LogP) is 6.16. The average Bonchev–Trinajstić information content (AvgIpc) is 2.71. The standard InChI is InChI=1S/C22H20Cl2N2O2S/c1-28-20-9-7-14(11-17(20)24)25-21(27)12-29-22-15-4-2-3-5-18(15)26-19-10-13(23)6-8-16(19)22/h6-11H,2-5,12H2,1H3,(H,25,27). The number of hydrogen-bond donors (Lipinski definition) is 1. The van der Waals surface area contributed by atoms with Crippen molar-refractivity contribution in [3.63, 3.8) is 0 Å². The van der Waals surface area contributed by atoms with Gasteiger partial charge in [-0.2, -0.15) is 0 Å². The second-order valence-corrected chi connectivity index (χ2v) is 8.75. The van der Waals surface area contributed by atoms with Gasteiger partial charge in [0.1, 0.15) is 5.75 Å². The number of aryl methyl sites for hydroxylation is 1. The first-order chi connectivity index (χ1) is 14.0. The summed E-state index contributed by atoms with van der Waals surface area (Å²) in [6.07, 6.45) is 4.27. The molecular formula is C22H20Cl2N2O2S. The maximum absolute atomic E-state index is 12.6. The monoisotopic (exact) mass is 446 g/mol. The van der Waals surface area contributed by atoms with E-state index < -0.39 is 0 Å². The second kappa shape index (κ2) is 8.82. The van der Waals surface area contributed by atoms with Gasteiger partial charge in [0.25, 0.3) is 0 Å². The number of carbonyl (C=O) groups is 1. The van der Waals surface area contributed by atoms with Crippen LogP contribution in [0.3, 0.4) is 0 Å². The lowest BCUT2D eigenvalue weighted by Gasteiger charge is -2.20. The molecular weight excluding hydrogens is 427 g/mol. The van der Waals surface area contributed by atoms with E-state index in [4.69, 9.17) is 32.9 Å². The number of anilines is 1. The highest BCUT2D eigenvalue weighted by atomic mass is 35.5. The number of nitrogens with one attached hydrogen (secondary N) is 1. The quantitative estimate of drug-likeness (QED) is 0.476. The molecule has 150 valence electrons. The molecule has 1 aromatic heterocycles. The van der Waals surface area contributed by atoms with Gasteiger partial charge >= 0.3 is 0 Å². The SMILES string of the molecule is COc1ccc(NC(=O)CSc2c3c(nc4cc(Cl)ccc24)CCCC3)cc1Cl. The van der Waals surface area contributed by atoms with E-state index >= 15 is 0 Å². The van der Waals surface area contributed by atoms with E-state index in [1.54, 1.807) is 37.1 Å². The molecule has 1 amide bonds. The van der Waals surface area contributed by atoms with Crippen molar-refractivity contribution in [1.29, 1.82) is 0 Å². The Morgan fingerprint density at radius 3 is 2.79 bits per heavy atom. The Kier molecular flexibility index (Phi) is 6.18. The fourth-order valence-corrected chi connectivity index (χ4v) is 5.09. The molecule has 0 bridgehead atoms. The molecule has 4 nitrogen and oxygen atoms in total. The van der Waals surface area contributed by atoms with E-state index in [9.17, 15) is 4.79 Å². The molecule has 7 heteroatoms. The van der Waals surface area contributed by atoms with Crippen LogP contribution in [0.1, 0.15) is 24.1 Å². The maximum Gasteiger partial charge on any atom is 0.234 e. The summed E-state index contributed by atoms with van der Waals surface area (Å²) in [6, 6.07) is 11.0. The number of methoxy groups -OCH3 is 1. The highest BCUT2D eigenvalue weighted by Crippen LogP contribution is 2.37. The summed E-state index contributed by atoms with van der Waals surface area (Å²) in [4.78, 5) is 18.5. The third kappa shape index (κ3) is 4.47. The number of amides is 1. The van der Waals surface area contributed by atoms with Gasteiger partial charge < -0.3 is 10.1 Å². The molecule has 4 rings (SSSR count). The molecule has 0 saturated heterocycles. The van der Waals surface area contributed by atoms with Gasteiger partial charge in [0, 0.05) is 26.7 Å². The fourth-order valence-electron chi connectivity index (χ4n) is 3.60. The van der Waals surface area contributed by atoms with Crippen molar-refractivity contribution < 1.29 is 9.53 Å². The zero-order chi connectivity index (χ0) is 20.4. The Morgan fingerprint density at radius 2 is 2.00 bits per heavy atom. The average molecular weight is 447 g/mol. The Labute approximate surface area is 183 Å². The van der Waals surface area contributed by atoms with Gasteiger partial charge in [0.15, 0.2) is 0 Å². The van der Waals surface area contributed by atoms with Gasteiger partial charge in [-0.05, 0) is 61.6 Å². The summed E-state index contributed by atoms with van der Waals surface area (Å²) in [6.45, 7) is 0. The Hall–Kier alpha value is -1.95. The van der Waals surface area contributed by atoms with Crippen LogP contribution in [0.15, 0.2) is 41.3 Å². The molecule has 1 aliphatic rings. The molecule has 0 fully saturated rings. The van der Waals surface area contributed by atoms with E-state index in [0.717, 1.165) is 47.2 Å². The number of pyridine rings is 1. The molecule has 1 heterocycles. The predicted molar refractivity (Wildman–Crippen MR) is 121 cm³/mol. The molecule has 1 N–H and O–H groups in total. The summed E-state index contributed by atoms with van der Waals surface area (Å²) in [7, 11) is 1.56. The Balaban J connectivity index is 1.56. The van der Waals surface area contributed by atoms with E-state index in [-0.39, 0.29) is 5.91 Å². The molecule has 0 aliphatic heterocycles. The summed E-state index contributed by atoms with van der Waals surface area (Å²) in [5, 5.41) is 5.10. The van der Waals surface area contributed by atoms with Crippen LogP contribution < -0.4 is 10.1 Å². The van der Waals surface area contributed by atoms with Crippen LogP contribution in [0.25, 0.3) is 10.9 Å². The van der Waals surface area contributed by atoms with E-state index in [2.05, 4.69) is 5.32 Å². The minimum atomic E-state index is -0.0836. The highest BCUT2D eigenvalue weighted by molar-refractivity contribution is 8.00. The molecule has 3 aromatic rings. The Morgan fingerprint density at radius 1 is 1.17 bits per heavy atom. The largest absolute Gasteiger partial charge is 0.495 e. The number of thioether (sulfide) groups is 1. The van der Waals surface area contributed by atoms with Crippen molar-refractivity contribution in [2.75, 3.05) is 18.2 Å². The first-order valence-electron chi connectivity index (χ1n) is 9.42. The second-order valence-electron chi connectivity index (χ2n) is 6.92. The molecule has 1 aliphatic carbocycles. The Bertz CT molecular complexity index is 1090. The topological polar surface area (TPSA) is 51.2 Å². The minimum absolute atomic E-state index is 0.0836. The zero-order valence-electron chi connectivity index (χ0n) is 15.9. The van der Waals surface area contributed by atoms with Gasteiger partial charge in [-0.15, -0.1) is 11.8 Å². The van der Waals surface area contributed by atoms with Crippen LogP contribution in [-0.4, -0.2) is 23.8 Å². The molecule has 29 heavy (non-hydrogen) atoms. The number of benzene rings is 2. The van der Waals surface area contributed by atoms with Crippen molar-refractivity contribution in [3.05, 3.63) is 57.7 Å². The maximum atomic E-state index is 12.6. The van der Waals surface area contributed by atoms with Crippen molar-refractivity contribution in [2.45, 2.75) is 30.6 Å². The van der Waals surface area contributed by atoms with Crippen molar-refractivity contribution in [2.24, 2.45) is 0 Å². The number of fused-ring (bicyclic) bond motifs is 2. The first kappa shape index (κ1) is 20.3. The molecule has 0 atom stereocenters. The fraction of sp³-hybridized carbons (Fsp3) is 0.273. The lowest BCUT2D eigenvalue weighted by atomic mass is 9.94. The third-order valence-electron chi connectivity index (χ3n) is 4.96. The van der Waals surface area contributed by atoms with E-state index in [1.165, 1.54) is 5.56 Å². The molecule has 0 radical (unpaired) electrons. The van der Waals surface area contributed by atoms with Crippen molar-refractivity contribution >= 4 is 57.5 Å². The summed E-state index contributed by atoms with van der Waals surface area (Å²) in [5.41, 5.74) is 3.95. The molecule has 0 unspecified atom stereocenters. The number of carbonyl (C=O) groups excluding carboxylic acids is 1. The van der Waals surface area contributed by atoms with Crippen LogP contribution in [-0.2, 0) is 17.6 Å². The number of rotatable bonds is 5. The minimum Gasteiger partial charge on any atom is -0.495 e. The van der Waals surface area contributed by atoms with E-state index in [1.807, 2.05) is 18.2 Å². The van der Waals surface area contributed by atoms with Crippen LogP contribution in [0.5, 0.6) is 5.75 Å². The number of nitrogens with zero attached hydrogens (tertiary/aromatic N) is 1. The van der Waals surface area contributed by atoms with Gasteiger partial charge in [-0.3, -0.25) is 9.78 Å². The number of halogens is 2. The zero-order valence-corrected chi connectivity index (χ0v) is 18.3. The molecule has 2 aromatic carbocycles. The van der Waals surface area contributed by atoms with Gasteiger partial charge in [0.2, 0.25) is 5.91 Å². The lowest BCUT2D eigenvalue weighted by Crippen LogP contribution is -2.15. The molecule has 0 saturated carbocycles. The van der Waals surface area contributed by atoms with Crippen molar-refractivity contribution in [1.82, 2.24) is 4.98 Å². The highest BCUT2D eigenvalue weighted by Gasteiger charge is 2.19. The van der Waals surface area contributed by atoms with Crippen LogP contribution in [0.2, 0.25) is 10.0 Å². The normalized spacial score (nSPS) is 13.2. The van der Waals surface area contributed by atoms with Crippen LogP contribution in [0.4, 0.5) is 5.69 Å². The van der Waals surface area contributed by atoms with Gasteiger partial charge in [-0.1, -0.05) is 29.3 Å². The number of ether oxygens (including phenoxy) is 1. The van der Waals surface area contributed by atoms with Gasteiger partial charge in [-0.25, -0.2) is 0 Å². The summed E-state index contributed by atoms with van der Waals surface area (Å²) in [5.74, 6) is 0.796. The van der Waals surface area contributed by atoms with Crippen LogP contribution in [0, 0.1) is 0 Å². The van der Waals surface area contributed by atoms with Crippen LogP contribution >= 0.6 is 35.0 Å². The summed E-state index contributed by atoms with van der Waals surface area (Å²) >= 11 is 13.9. The lowest BCUT2D eigenvalue weighted by molar-refractivity contribution is -0.113. The smallest absolute Gasteiger partial charge is 0.234 e. The van der Waals surface area contributed by atoms with Crippen molar-refractivity contribution in [3.8, 4) is 5.75 Å². The molecule has 0 spiro atoms. The number of aromatic nitrogens is 1. The van der Waals surface area contributed by atoms with E-state index in [0.29, 0.717) is 27.2 Å². The number of hydrogen-bond acceptors (Lipinski definition) is 4. The summed E-state index contributed by atoms with van der Waals surface area (Å²) < 4.78 is 5.15. The third-order valence-corrected chi connectivity index (χ3v) is 6.65. The van der Waals surface area contributed by atoms with Gasteiger partial charge in [0.05, 0.1) is 23.4 Å². The first-order valence-corrected chi connectivity index (χ1v) is 11.2.